The van der Waals surface area contributed by atoms with Crippen LogP contribution in [0.4, 0.5) is 5.69 Å². The summed E-state index contributed by atoms with van der Waals surface area (Å²) in [6.07, 6.45) is 1.54. The van der Waals surface area contributed by atoms with Crippen LogP contribution >= 0.6 is 11.6 Å². The molecule has 2 aromatic rings. The van der Waals surface area contributed by atoms with Crippen molar-refractivity contribution < 1.29 is 4.79 Å². The number of hydrogen-bond donors (Lipinski definition) is 0. The zero-order chi connectivity index (χ0) is 14.7. The van der Waals surface area contributed by atoms with Crippen LogP contribution in [0.5, 0.6) is 0 Å². The molecule has 1 aromatic heterocycles. The van der Waals surface area contributed by atoms with Gasteiger partial charge in [-0.05, 0) is 44.5 Å². The quantitative estimate of drug-likeness (QED) is 0.855. The molecule has 0 atom stereocenters. The number of aromatic nitrogens is 1. The highest BCUT2D eigenvalue weighted by Crippen LogP contribution is 2.22. The van der Waals surface area contributed by atoms with E-state index in [4.69, 9.17) is 11.6 Å². The number of hydrogen-bond acceptors (Lipinski definition) is 2. The second kappa shape index (κ2) is 6.06. The van der Waals surface area contributed by atoms with Gasteiger partial charge in [-0.2, -0.15) is 0 Å². The first kappa shape index (κ1) is 14.5. The van der Waals surface area contributed by atoms with E-state index in [0.717, 1.165) is 16.9 Å². The van der Waals surface area contributed by atoms with E-state index in [1.54, 1.807) is 17.2 Å². The van der Waals surface area contributed by atoms with Crippen molar-refractivity contribution in [1.82, 2.24) is 4.98 Å². The van der Waals surface area contributed by atoms with Gasteiger partial charge in [0.1, 0.15) is 0 Å². The molecule has 2 rings (SSSR count). The van der Waals surface area contributed by atoms with E-state index in [9.17, 15) is 4.79 Å². The minimum absolute atomic E-state index is 0.129. The molecule has 0 bridgehead atoms. The largest absolute Gasteiger partial charge is 0.309 e. The van der Waals surface area contributed by atoms with E-state index in [2.05, 4.69) is 4.98 Å². The van der Waals surface area contributed by atoms with E-state index in [0.29, 0.717) is 17.1 Å². The Morgan fingerprint density at radius 1 is 1.30 bits per heavy atom. The number of halogens is 1. The first-order valence-electron chi connectivity index (χ1n) is 6.53. The van der Waals surface area contributed by atoms with Crippen LogP contribution in [0.15, 0.2) is 36.5 Å². The lowest BCUT2D eigenvalue weighted by Crippen LogP contribution is -2.31. The zero-order valence-electron chi connectivity index (χ0n) is 11.9. The maximum atomic E-state index is 12.6. The van der Waals surface area contributed by atoms with Crippen LogP contribution in [-0.2, 0) is 0 Å². The maximum absolute atomic E-state index is 12.6. The molecule has 0 spiro atoms. The Morgan fingerprint density at radius 2 is 2.05 bits per heavy atom. The fraction of sp³-hybridized carbons (Fsp3) is 0.250. The predicted molar refractivity (Wildman–Crippen MR) is 82.5 cm³/mol. The van der Waals surface area contributed by atoms with Gasteiger partial charge in [-0.1, -0.05) is 23.7 Å². The zero-order valence-corrected chi connectivity index (χ0v) is 12.6. The highest BCUT2D eigenvalue weighted by molar-refractivity contribution is 6.34. The highest BCUT2D eigenvalue weighted by Gasteiger charge is 2.19. The monoisotopic (exact) mass is 288 g/mol. The Labute approximate surface area is 124 Å². The number of benzene rings is 1. The van der Waals surface area contributed by atoms with E-state index < -0.39 is 0 Å². The maximum Gasteiger partial charge on any atom is 0.261 e. The van der Waals surface area contributed by atoms with Crippen molar-refractivity contribution in [2.75, 3.05) is 11.4 Å². The third kappa shape index (κ3) is 2.99. The Morgan fingerprint density at radius 3 is 2.65 bits per heavy atom. The predicted octanol–water partition coefficient (Wildman–Crippen LogP) is 4.02. The molecular weight excluding hydrogens is 272 g/mol. The van der Waals surface area contributed by atoms with Gasteiger partial charge in [-0.25, -0.2) is 0 Å². The summed E-state index contributed by atoms with van der Waals surface area (Å²) in [5.41, 5.74) is 3.21. The van der Waals surface area contributed by atoms with Crippen LogP contribution in [0.1, 0.15) is 28.5 Å². The molecule has 0 fully saturated rings. The Balaban J connectivity index is 2.39. The molecule has 4 heteroatoms. The van der Waals surface area contributed by atoms with Crippen LogP contribution in [0.3, 0.4) is 0 Å². The number of aryl methyl sites for hydroxylation is 2. The first-order chi connectivity index (χ1) is 9.52. The second-order valence-corrected chi connectivity index (χ2v) is 5.10. The van der Waals surface area contributed by atoms with E-state index >= 15 is 0 Å². The lowest BCUT2D eigenvalue weighted by molar-refractivity contribution is 0.0988. The third-order valence-electron chi connectivity index (χ3n) is 3.10. The van der Waals surface area contributed by atoms with Crippen molar-refractivity contribution in [2.45, 2.75) is 20.8 Å². The van der Waals surface area contributed by atoms with Crippen molar-refractivity contribution in [2.24, 2.45) is 0 Å². The van der Waals surface area contributed by atoms with Crippen molar-refractivity contribution >= 4 is 23.2 Å². The minimum atomic E-state index is -0.129. The summed E-state index contributed by atoms with van der Waals surface area (Å²) < 4.78 is 0. The van der Waals surface area contributed by atoms with Gasteiger partial charge in [0.15, 0.2) is 0 Å². The molecule has 104 valence electrons. The molecule has 1 aromatic carbocycles. The lowest BCUT2D eigenvalue weighted by atomic mass is 10.1. The van der Waals surface area contributed by atoms with Crippen LogP contribution in [0.2, 0.25) is 5.02 Å². The molecule has 0 unspecified atom stereocenters. The van der Waals surface area contributed by atoms with Crippen LogP contribution in [0, 0.1) is 13.8 Å². The average Bonchev–Trinajstić information content (AvgIpc) is 2.39. The van der Waals surface area contributed by atoms with Crippen LogP contribution < -0.4 is 4.90 Å². The number of pyridine rings is 1. The molecule has 0 saturated heterocycles. The molecule has 1 amide bonds. The second-order valence-electron chi connectivity index (χ2n) is 4.69. The van der Waals surface area contributed by atoms with Gasteiger partial charge in [-0.15, -0.1) is 0 Å². The molecule has 0 saturated carbocycles. The van der Waals surface area contributed by atoms with E-state index in [1.165, 1.54) is 0 Å². The van der Waals surface area contributed by atoms with Gasteiger partial charge >= 0.3 is 0 Å². The number of carbonyl (C=O) groups is 1. The summed E-state index contributed by atoms with van der Waals surface area (Å²) in [4.78, 5) is 18.5. The summed E-state index contributed by atoms with van der Waals surface area (Å²) in [5, 5.41) is 0.439. The minimum Gasteiger partial charge on any atom is -0.309 e. The molecule has 0 N–H and O–H groups in total. The normalized spacial score (nSPS) is 10.4. The van der Waals surface area contributed by atoms with Crippen molar-refractivity contribution in [3.05, 3.63) is 58.4 Å². The van der Waals surface area contributed by atoms with Crippen molar-refractivity contribution in [3.63, 3.8) is 0 Å². The SMILES string of the molecule is CCN(C(=O)c1cnc(C)cc1Cl)c1cccc(C)c1. The Hall–Kier alpha value is -1.87. The van der Waals surface area contributed by atoms with Gasteiger partial charge < -0.3 is 4.90 Å². The number of amides is 1. The third-order valence-corrected chi connectivity index (χ3v) is 3.41. The average molecular weight is 289 g/mol. The summed E-state index contributed by atoms with van der Waals surface area (Å²) in [7, 11) is 0. The molecule has 0 aliphatic heterocycles. The van der Waals surface area contributed by atoms with Crippen molar-refractivity contribution in [3.8, 4) is 0 Å². The number of anilines is 1. The number of nitrogens with zero attached hydrogens (tertiary/aromatic N) is 2. The summed E-state index contributed by atoms with van der Waals surface area (Å²) >= 11 is 6.16. The van der Waals surface area contributed by atoms with Crippen LogP contribution in [0.25, 0.3) is 0 Å². The van der Waals surface area contributed by atoms with Gasteiger partial charge in [-0.3, -0.25) is 9.78 Å². The molecule has 3 nitrogen and oxygen atoms in total. The van der Waals surface area contributed by atoms with E-state index in [-0.39, 0.29) is 5.91 Å². The topological polar surface area (TPSA) is 33.2 Å². The number of rotatable bonds is 3. The molecular formula is C16H17ClN2O. The molecule has 0 aliphatic carbocycles. The van der Waals surface area contributed by atoms with Crippen LogP contribution in [-0.4, -0.2) is 17.4 Å². The molecule has 1 heterocycles. The highest BCUT2D eigenvalue weighted by atomic mass is 35.5. The fourth-order valence-corrected chi connectivity index (χ4v) is 2.36. The number of carbonyl (C=O) groups excluding carboxylic acids is 1. The Kier molecular flexibility index (Phi) is 4.40. The van der Waals surface area contributed by atoms with Gasteiger partial charge in [0.25, 0.3) is 5.91 Å². The summed E-state index contributed by atoms with van der Waals surface area (Å²) in [5.74, 6) is -0.129. The molecule has 20 heavy (non-hydrogen) atoms. The smallest absolute Gasteiger partial charge is 0.261 e. The first-order valence-corrected chi connectivity index (χ1v) is 6.91. The summed E-state index contributed by atoms with van der Waals surface area (Å²) in [6.45, 7) is 6.36. The molecule has 0 aliphatic rings. The van der Waals surface area contributed by atoms with Gasteiger partial charge in [0.2, 0.25) is 0 Å². The summed E-state index contributed by atoms with van der Waals surface area (Å²) in [6, 6.07) is 9.55. The van der Waals surface area contributed by atoms with Gasteiger partial charge in [0, 0.05) is 24.1 Å². The fourth-order valence-electron chi connectivity index (χ4n) is 2.07. The Bertz CT molecular complexity index is 640. The molecule has 0 radical (unpaired) electrons. The standard InChI is InChI=1S/C16H17ClN2O/c1-4-19(13-7-5-6-11(2)8-13)16(20)14-10-18-12(3)9-15(14)17/h5-10H,4H2,1-3H3. The lowest BCUT2D eigenvalue weighted by Gasteiger charge is -2.22. The van der Waals surface area contributed by atoms with E-state index in [1.807, 2.05) is 45.0 Å². The van der Waals surface area contributed by atoms with Crippen molar-refractivity contribution in [1.29, 1.82) is 0 Å². The van der Waals surface area contributed by atoms with Gasteiger partial charge in [0.05, 0.1) is 10.6 Å².